The van der Waals surface area contributed by atoms with Crippen molar-refractivity contribution in [1.29, 1.82) is 0 Å². The van der Waals surface area contributed by atoms with Gasteiger partial charge in [0, 0.05) is 18.8 Å². The van der Waals surface area contributed by atoms with Crippen LogP contribution in [0.3, 0.4) is 0 Å². The summed E-state index contributed by atoms with van der Waals surface area (Å²) in [5.74, 6) is -0.129. The van der Waals surface area contributed by atoms with Crippen LogP contribution in [0.15, 0.2) is 24.3 Å². The first-order chi connectivity index (χ1) is 9.50. The molecule has 0 spiro atoms. The number of para-hydroxylation sites is 1. The van der Waals surface area contributed by atoms with E-state index in [1.54, 1.807) is 16.6 Å². The molecule has 1 aliphatic rings. The Morgan fingerprint density at radius 3 is 2.75 bits per heavy atom. The lowest BCUT2D eigenvalue weighted by atomic mass is 10.1. The van der Waals surface area contributed by atoms with Crippen molar-refractivity contribution in [2.45, 2.75) is 26.3 Å². The van der Waals surface area contributed by atoms with Crippen molar-refractivity contribution in [2.24, 2.45) is 7.05 Å². The summed E-state index contributed by atoms with van der Waals surface area (Å²) in [6, 6.07) is 8.10. The highest BCUT2D eigenvalue weighted by atomic mass is 35.5. The van der Waals surface area contributed by atoms with Crippen LogP contribution < -0.4 is 4.90 Å². The second-order valence-electron chi connectivity index (χ2n) is 5.23. The number of fused-ring (bicyclic) bond motifs is 1. The van der Waals surface area contributed by atoms with Crippen LogP contribution in [0.2, 0.25) is 5.02 Å². The first kappa shape index (κ1) is 13.2. The summed E-state index contributed by atoms with van der Waals surface area (Å²) in [5.41, 5.74) is 3.28. The van der Waals surface area contributed by atoms with Crippen molar-refractivity contribution >= 4 is 23.2 Å². The Morgan fingerprint density at radius 2 is 2.10 bits per heavy atom. The lowest BCUT2D eigenvalue weighted by Crippen LogP contribution is -2.36. The van der Waals surface area contributed by atoms with E-state index in [2.05, 4.69) is 11.2 Å². The number of amides is 1. The average molecular weight is 290 g/mol. The average Bonchev–Trinajstić information content (AvgIpc) is 2.89. The fourth-order valence-corrected chi connectivity index (χ4v) is 2.95. The number of aromatic nitrogens is 2. The highest BCUT2D eigenvalue weighted by molar-refractivity contribution is 6.35. The van der Waals surface area contributed by atoms with Gasteiger partial charge in [-0.15, -0.1) is 0 Å². The summed E-state index contributed by atoms with van der Waals surface area (Å²) < 4.78 is 1.64. The minimum absolute atomic E-state index is 0.123. The minimum Gasteiger partial charge on any atom is -0.304 e. The van der Waals surface area contributed by atoms with Gasteiger partial charge in [-0.05, 0) is 31.9 Å². The molecular formula is C15H16ClN3O. The van der Waals surface area contributed by atoms with Gasteiger partial charge in [-0.2, -0.15) is 5.10 Å². The van der Waals surface area contributed by atoms with Gasteiger partial charge in [-0.1, -0.05) is 29.8 Å². The molecule has 20 heavy (non-hydrogen) atoms. The van der Waals surface area contributed by atoms with Crippen molar-refractivity contribution in [1.82, 2.24) is 9.78 Å². The molecule has 0 unspecified atom stereocenters. The fourth-order valence-electron chi connectivity index (χ4n) is 2.71. The van der Waals surface area contributed by atoms with Gasteiger partial charge in [0.25, 0.3) is 5.91 Å². The standard InChI is InChI=1S/C15H16ClN3O/c1-9-8-11-6-4-5-7-12(11)19(9)15(20)14-13(16)10(2)18(3)17-14/h4-7,9H,8H2,1-3H3/t9-/m0/s1. The van der Waals surface area contributed by atoms with Crippen LogP contribution in [-0.4, -0.2) is 21.7 Å². The predicted octanol–water partition coefficient (Wildman–Crippen LogP) is 2.97. The summed E-state index contributed by atoms with van der Waals surface area (Å²) in [6.07, 6.45) is 0.866. The zero-order valence-electron chi connectivity index (χ0n) is 11.7. The number of carbonyl (C=O) groups excluding carboxylic acids is 1. The van der Waals surface area contributed by atoms with E-state index in [0.29, 0.717) is 10.7 Å². The molecule has 2 aromatic rings. The maximum Gasteiger partial charge on any atom is 0.280 e. The van der Waals surface area contributed by atoms with E-state index in [-0.39, 0.29) is 11.9 Å². The largest absolute Gasteiger partial charge is 0.304 e. The number of rotatable bonds is 1. The molecule has 1 aromatic carbocycles. The molecule has 0 radical (unpaired) electrons. The minimum atomic E-state index is -0.129. The Hall–Kier alpha value is -1.81. The lowest BCUT2D eigenvalue weighted by Gasteiger charge is -2.21. The van der Waals surface area contributed by atoms with Crippen LogP contribution in [0, 0.1) is 6.92 Å². The second kappa shape index (κ2) is 4.63. The maximum absolute atomic E-state index is 12.8. The Bertz CT molecular complexity index is 692. The Balaban J connectivity index is 2.05. The zero-order chi connectivity index (χ0) is 14.4. The normalized spacial score (nSPS) is 17.4. The molecule has 1 aliphatic heterocycles. The summed E-state index contributed by atoms with van der Waals surface area (Å²) >= 11 is 6.23. The van der Waals surface area contributed by atoms with Crippen LogP contribution in [0.1, 0.15) is 28.7 Å². The summed E-state index contributed by atoms with van der Waals surface area (Å²) in [5, 5.41) is 4.69. The first-order valence-electron chi connectivity index (χ1n) is 6.61. The molecule has 0 N–H and O–H groups in total. The maximum atomic E-state index is 12.8. The summed E-state index contributed by atoms with van der Waals surface area (Å²) in [4.78, 5) is 14.6. The highest BCUT2D eigenvalue weighted by Crippen LogP contribution is 2.34. The van der Waals surface area contributed by atoms with Gasteiger partial charge in [0.2, 0.25) is 0 Å². The van der Waals surface area contributed by atoms with Crippen LogP contribution in [0.5, 0.6) is 0 Å². The van der Waals surface area contributed by atoms with Gasteiger partial charge >= 0.3 is 0 Å². The molecule has 0 bridgehead atoms. The van der Waals surface area contributed by atoms with E-state index in [0.717, 1.165) is 17.8 Å². The van der Waals surface area contributed by atoms with Gasteiger partial charge < -0.3 is 4.90 Å². The molecule has 1 aromatic heterocycles. The Labute approximate surface area is 123 Å². The fraction of sp³-hybridized carbons (Fsp3) is 0.333. The van der Waals surface area contributed by atoms with Crippen LogP contribution >= 0.6 is 11.6 Å². The number of halogens is 1. The van der Waals surface area contributed by atoms with Gasteiger partial charge in [0.15, 0.2) is 5.69 Å². The zero-order valence-corrected chi connectivity index (χ0v) is 12.5. The molecular weight excluding hydrogens is 274 g/mol. The smallest absolute Gasteiger partial charge is 0.280 e. The number of aryl methyl sites for hydroxylation is 1. The molecule has 4 nitrogen and oxygen atoms in total. The van der Waals surface area contributed by atoms with Gasteiger partial charge in [0.1, 0.15) is 0 Å². The second-order valence-corrected chi connectivity index (χ2v) is 5.61. The molecule has 104 valence electrons. The van der Waals surface area contributed by atoms with E-state index in [1.165, 1.54) is 5.56 Å². The summed E-state index contributed by atoms with van der Waals surface area (Å²) in [6.45, 7) is 3.90. The summed E-state index contributed by atoms with van der Waals surface area (Å²) in [7, 11) is 1.79. The number of anilines is 1. The molecule has 0 saturated carbocycles. The SMILES string of the molecule is Cc1c(Cl)c(C(=O)N2c3ccccc3C[C@@H]2C)nn1C. The van der Waals surface area contributed by atoms with E-state index >= 15 is 0 Å². The third kappa shape index (κ3) is 1.83. The molecule has 1 atom stereocenters. The number of benzene rings is 1. The molecule has 2 heterocycles. The monoisotopic (exact) mass is 289 g/mol. The van der Waals surface area contributed by atoms with Crippen molar-refractivity contribution in [3.63, 3.8) is 0 Å². The number of hydrogen-bond donors (Lipinski definition) is 0. The lowest BCUT2D eigenvalue weighted by molar-refractivity contribution is 0.0976. The Kier molecular flexibility index (Phi) is 3.05. The predicted molar refractivity (Wildman–Crippen MR) is 79.4 cm³/mol. The number of hydrogen-bond acceptors (Lipinski definition) is 2. The van der Waals surface area contributed by atoms with Crippen LogP contribution in [-0.2, 0) is 13.5 Å². The van der Waals surface area contributed by atoms with Gasteiger partial charge in [0.05, 0.1) is 10.7 Å². The van der Waals surface area contributed by atoms with Crippen molar-refractivity contribution < 1.29 is 4.79 Å². The third-order valence-corrected chi connectivity index (χ3v) is 4.34. The van der Waals surface area contributed by atoms with Gasteiger partial charge in [-0.3, -0.25) is 9.48 Å². The molecule has 0 aliphatic carbocycles. The van der Waals surface area contributed by atoms with Gasteiger partial charge in [-0.25, -0.2) is 0 Å². The third-order valence-electron chi connectivity index (χ3n) is 3.89. The quantitative estimate of drug-likeness (QED) is 0.809. The van der Waals surface area contributed by atoms with Crippen molar-refractivity contribution in [2.75, 3.05) is 4.90 Å². The molecule has 3 rings (SSSR count). The van der Waals surface area contributed by atoms with Crippen molar-refractivity contribution in [3.05, 3.63) is 46.2 Å². The molecule has 1 amide bonds. The molecule has 0 fully saturated rings. The van der Waals surface area contributed by atoms with E-state index in [4.69, 9.17) is 11.6 Å². The highest BCUT2D eigenvalue weighted by Gasteiger charge is 2.33. The van der Waals surface area contributed by atoms with E-state index < -0.39 is 0 Å². The van der Waals surface area contributed by atoms with Crippen molar-refractivity contribution in [3.8, 4) is 0 Å². The first-order valence-corrected chi connectivity index (χ1v) is 6.99. The molecule has 5 heteroatoms. The van der Waals surface area contributed by atoms with Crippen LogP contribution in [0.4, 0.5) is 5.69 Å². The molecule has 0 saturated heterocycles. The number of nitrogens with zero attached hydrogens (tertiary/aromatic N) is 3. The van der Waals surface area contributed by atoms with E-state index in [1.807, 2.05) is 32.0 Å². The topological polar surface area (TPSA) is 38.1 Å². The Morgan fingerprint density at radius 1 is 1.40 bits per heavy atom. The van der Waals surface area contributed by atoms with E-state index in [9.17, 15) is 4.79 Å². The number of carbonyl (C=O) groups is 1. The van der Waals surface area contributed by atoms with Crippen LogP contribution in [0.25, 0.3) is 0 Å².